The van der Waals surface area contributed by atoms with Crippen molar-refractivity contribution in [3.05, 3.63) is 64.0 Å². The molecule has 4 heterocycles. The van der Waals surface area contributed by atoms with E-state index in [1.165, 1.54) is 0 Å². The number of benzene rings is 1. The lowest BCUT2D eigenvalue weighted by atomic mass is 10.0. The number of rotatable bonds is 3. The van der Waals surface area contributed by atoms with E-state index in [9.17, 15) is 4.79 Å². The highest BCUT2D eigenvalue weighted by atomic mass is 35.5. The largest absolute Gasteiger partial charge is 0.373 e. The summed E-state index contributed by atoms with van der Waals surface area (Å²) in [4.78, 5) is 17.3. The first-order chi connectivity index (χ1) is 14.1. The second-order valence-corrected chi connectivity index (χ2v) is 7.98. The molecule has 1 aromatic carbocycles. The minimum absolute atomic E-state index is 0.163. The smallest absolute Gasteiger partial charge is 0.272 e. The molecule has 150 valence electrons. The summed E-state index contributed by atoms with van der Waals surface area (Å²) < 4.78 is 9.68. The van der Waals surface area contributed by atoms with Crippen LogP contribution in [0.15, 0.2) is 30.7 Å². The Kier molecular flexibility index (Phi) is 4.64. The summed E-state index contributed by atoms with van der Waals surface area (Å²) in [5.41, 5.74) is 5.20. The summed E-state index contributed by atoms with van der Waals surface area (Å²) >= 11 is 6.50. The van der Waals surface area contributed by atoms with Crippen LogP contribution in [0.2, 0.25) is 5.02 Å². The first-order valence-electron chi connectivity index (χ1n) is 9.88. The fourth-order valence-corrected chi connectivity index (χ4v) is 4.37. The number of amides is 1. The van der Waals surface area contributed by atoms with Crippen molar-refractivity contribution in [1.82, 2.24) is 24.6 Å². The number of carbonyl (C=O) groups excluding carboxylic acids is 1. The van der Waals surface area contributed by atoms with E-state index in [1.807, 2.05) is 29.8 Å². The lowest BCUT2D eigenvalue weighted by molar-refractivity contribution is 0.0684. The van der Waals surface area contributed by atoms with Gasteiger partial charge in [0.05, 0.1) is 53.9 Å². The third kappa shape index (κ3) is 3.14. The molecule has 0 saturated carbocycles. The van der Waals surface area contributed by atoms with Gasteiger partial charge in [0.2, 0.25) is 0 Å². The fraction of sp³-hybridized carbons (Fsp3) is 0.381. The number of hydrogen-bond donors (Lipinski definition) is 1. The van der Waals surface area contributed by atoms with Crippen LogP contribution in [0.25, 0.3) is 5.69 Å². The minimum atomic E-state index is -0.274. The molecule has 1 amide bonds. The fourth-order valence-electron chi connectivity index (χ4n) is 4.16. The van der Waals surface area contributed by atoms with Crippen LogP contribution in [0.3, 0.4) is 0 Å². The molecular formula is C21H22ClN5O2. The Morgan fingerprint density at radius 3 is 3.10 bits per heavy atom. The predicted molar refractivity (Wildman–Crippen MR) is 108 cm³/mol. The summed E-state index contributed by atoms with van der Waals surface area (Å²) in [6, 6.07) is 5.58. The van der Waals surface area contributed by atoms with Gasteiger partial charge in [0, 0.05) is 12.1 Å². The third-order valence-electron chi connectivity index (χ3n) is 5.73. The van der Waals surface area contributed by atoms with Crippen molar-refractivity contribution < 1.29 is 9.53 Å². The number of imidazole rings is 1. The molecule has 3 aromatic rings. The van der Waals surface area contributed by atoms with E-state index in [4.69, 9.17) is 16.3 Å². The number of nitrogens with zero attached hydrogens (tertiary/aromatic N) is 4. The number of carbonyl (C=O) groups is 1. The monoisotopic (exact) mass is 411 g/mol. The molecular weight excluding hydrogens is 390 g/mol. The highest BCUT2D eigenvalue weighted by molar-refractivity contribution is 6.33. The molecule has 0 fully saturated rings. The zero-order chi connectivity index (χ0) is 20.0. The molecule has 0 spiro atoms. The van der Waals surface area contributed by atoms with Crippen LogP contribution in [0.1, 0.15) is 51.9 Å². The first kappa shape index (κ1) is 18.4. The van der Waals surface area contributed by atoms with Crippen LogP contribution < -0.4 is 5.32 Å². The SMILES string of the molecule is Cc1cccc(-n2ncc3c2COCC3NC(=O)c2ncn3c2CCCC3)c1Cl. The number of hydrogen-bond acceptors (Lipinski definition) is 4. The van der Waals surface area contributed by atoms with Gasteiger partial charge in [-0.05, 0) is 37.8 Å². The van der Waals surface area contributed by atoms with Crippen molar-refractivity contribution in [3.8, 4) is 5.69 Å². The summed E-state index contributed by atoms with van der Waals surface area (Å²) in [6.07, 6.45) is 6.67. The summed E-state index contributed by atoms with van der Waals surface area (Å²) in [7, 11) is 0. The molecule has 1 N–H and O–H groups in total. The van der Waals surface area contributed by atoms with E-state index in [1.54, 1.807) is 12.5 Å². The van der Waals surface area contributed by atoms with E-state index in [2.05, 4.69) is 20.0 Å². The van der Waals surface area contributed by atoms with E-state index >= 15 is 0 Å². The van der Waals surface area contributed by atoms with Gasteiger partial charge in [-0.15, -0.1) is 0 Å². The second kappa shape index (κ2) is 7.31. The zero-order valence-electron chi connectivity index (χ0n) is 16.2. The molecule has 2 aliphatic heterocycles. The Hall–Kier alpha value is -2.64. The summed E-state index contributed by atoms with van der Waals surface area (Å²) in [5.74, 6) is -0.163. The lowest BCUT2D eigenvalue weighted by Crippen LogP contribution is -2.35. The van der Waals surface area contributed by atoms with Gasteiger partial charge in [0.1, 0.15) is 5.69 Å². The average molecular weight is 412 g/mol. The Morgan fingerprint density at radius 2 is 2.21 bits per heavy atom. The highest BCUT2D eigenvalue weighted by Crippen LogP contribution is 2.31. The molecule has 0 aliphatic carbocycles. The maximum atomic E-state index is 12.9. The van der Waals surface area contributed by atoms with Crippen molar-refractivity contribution in [2.45, 2.75) is 45.4 Å². The van der Waals surface area contributed by atoms with Crippen molar-refractivity contribution in [1.29, 1.82) is 0 Å². The molecule has 0 radical (unpaired) electrons. The van der Waals surface area contributed by atoms with Crippen LogP contribution in [-0.4, -0.2) is 31.8 Å². The topological polar surface area (TPSA) is 74.0 Å². The van der Waals surface area contributed by atoms with E-state index < -0.39 is 0 Å². The van der Waals surface area contributed by atoms with Gasteiger partial charge < -0.3 is 14.6 Å². The van der Waals surface area contributed by atoms with Gasteiger partial charge in [-0.1, -0.05) is 23.7 Å². The predicted octanol–water partition coefficient (Wildman–Crippen LogP) is 3.37. The van der Waals surface area contributed by atoms with Crippen LogP contribution in [0, 0.1) is 6.92 Å². The number of nitrogens with one attached hydrogen (secondary N) is 1. The molecule has 5 rings (SSSR count). The second-order valence-electron chi connectivity index (χ2n) is 7.60. The van der Waals surface area contributed by atoms with E-state index in [0.29, 0.717) is 23.9 Å². The molecule has 2 aliphatic rings. The zero-order valence-corrected chi connectivity index (χ0v) is 16.9. The maximum Gasteiger partial charge on any atom is 0.272 e. The Bertz CT molecular complexity index is 1090. The van der Waals surface area contributed by atoms with Gasteiger partial charge in [0.15, 0.2) is 0 Å². The van der Waals surface area contributed by atoms with Crippen LogP contribution in [0.5, 0.6) is 0 Å². The van der Waals surface area contributed by atoms with Gasteiger partial charge >= 0.3 is 0 Å². The van der Waals surface area contributed by atoms with Crippen LogP contribution >= 0.6 is 11.6 Å². The molecule has 1 unspecified atom stereocenters. The molecule has 8 heteroatoms. The first-order valence-corrected chi connectivity index (χ1v) is 10.3. The van der Waals surface area contributed by atoms with Gasteiger partial charge in [-0.2, -0.15) is 5.10 Å². The molecule has 29 heavy (non-hydrogen) atoms. The van der Waals surface area contributed by atoms with Gasteiger partial charge in [0.25, 0.3) is 5.91 Å². The highest BCUT2D eigenvalue weighted by Gasteiger charge is 2.29. The van der Waals surface area contributed by atoms with Crippen LogP contribution in [-0.2, 0) is 24.3 Å². The quantitative estimate of drug-likeness (QED) is 0.717. The number of halogens is 1. The van der Waals surface area contributed by atoms with Crippen molar-refractivity contribution in [2.24, 2.45) is 0 Å². The molecule has 2 aromatic heterocycles. The minimum Gasteiger partial charge on any atom is -0.373 e. The van der Waals surface area contributed by atoms with Gasteiger partial charge in [-0.3, -0.25) is 4.79 Å². The Labute approximate surface area is 173 Å². The summed E-state index contributed by atoms with van der Waals surface area (Å²) in [6.45, 7) is 3.72. The Morgan fingerprint density at radius 1 is 1.31 bits per heavy atom. The number of aromatic nitrogens is 4. The summed E-state index contributed by atoms with van der Waals surface area (Å²) in [5, 5.41) is 8.30. The standard InChI is InChI=1S/C21H22ClN5O2/c1-13-5-4-7-16(19(13)22)27-18-11-29-10-15(14(18)9-24-27)25-21(28)20-17-6-2-3-8-26(17)12-23-20/h4-5,7,9,12,15H,2-3,6,8,10-11H2,1H3,(H,25,28). The molecule has 0 saturated heterocycles. The Balaban J connectivity index is 1.43. The number of ether oxygens (including phenoxy) is 1. The van der Waals surface area contributed by atoms with Crippen LogP contribution in [0.4, 0.5) is 0 Å². The molecule has 7 nitrogen and oxygen atoms in total. The maximum absolute atomic E-state index is 12.9. The normalized spacial score (nSPS) is 18.2. The molecule has 1 atom stereocenters. The molecule has 0 bridgehead atoms. The number of aryl methyl sites for hydroxylation is 2. The van der Waals surface area contributed by atoms with Crippen molar-refractivity contribution >= 4 is 17.5 Å². The number of fused-ring (bicyclic) bond motifs is 2. The average Bonchev–Trinajstić information content (AvgIpc) is 3.35. The third-order valence-corrected chi connectivity index (χ3v) is 6.22. The van der Waals surface area contributed by atoms with Gasteiger partial charge in [-0.25, -0.2) is 9.67 Å². The van der Waals surface area contributed by atoms with E-state index in [0.717, 1.165) is 54.0 Å². The van der Waals surface area contributed by atoms with Crippen molar-refractivity contribution in [3.63, 3.8) is 0 Å². The van der Waals surface area contributed by atoms with E-state index in [-0.39, 0.29) is 11.9 Å². The van der Waals surface area contributed by atoms with Crippen molar-refractivity contribution in [2.75, 3.05) is 6.61 Å². The lowest BCUT2D eigenvalue weighted by Gasteiger charge is -2.25.